The number of nitrogens with one attached hydrogen (secondary N) is 1. The lowest BCUT2D eigenvalue weighted by Crippen LogP contribution is -2.05. The number of fused-ring (bicyclic) bond motifs is 1. The first-order chi connectivity index (χ1) is 6.23. The zero-order chi connectivity index (χ0) is 9.31. The summed E-state index contributed by atoms with van der Waals surface area (Å²) in [7, 11) is 0. The summed E-state index contributed by atoms with van der Waals surface area (Å²) in [5.74, 6) is 0. The van der Waals surface area contributed by atoms with Gasteiger partial charge >= 0.3 is 0 Å². The Bertz CT molecular complexity index is 326. The molecule has 1 aliphatic rings. The monoisotopic (exact) mass is 173 g/mol. The van der Waals surface area contributed by atoms with Crippen LogP contribution in [0, 0.1) is 5.41 Å². The molecule has 1 nitrogen and oxygen atoms in total. The molecule has 13 heavy (non-hydrogen) atoms. The minimum Gasteiger partial charge on any atom is -0.361 e. The number of rotatable bonds is 1. The van der Waals surface area contributed by atoms with Crippen LogP contribution in [0.15, 0.2) is 24.4 Å². The van der Waals surface area contributed by atoms with Crippen molar-refractivity contribution in [3.63, 3.8) is 0 Å². The topological polar surface area (TPSA) is 15.8 Å². The van der Waals surface area contributed by atoms with Crippen LogP contribution in [-0.2, 0) is 0 Å². The van der Waals surface area contributed by atoms with E-state index in [1.54, 1.807) is 0 Å². The van der Waals surface area contributed by atoms with Crippen LogP contribution in [0.3, 0.4) is 0 Å². The maximum Gasteiger partial charge on any atom is 0.0450 e. The number of H-pyrrole nitrogens is 1. The molecule has 1 aromatic heterocycles. The summed E-state index contributed by atoms with van der Waals surface area (Å²) >= 11 is 0. The van der Waals surface area contributed by atoms with Crippen LogP contribution < -0.4 is 0 Å². The highest BCUT2D eigenvalue weighted by atomic mass is 14.7. The van der Waals surface area contributed by atoms with Gasteiger partial charge in [0.2, 0.25) is 0 Å². The van der Waals surface area contributed by atoms with E-state index in [0.717, 1.165) is 6.42 Å². The van der Waals surface area contributed by atoms with Crippen molar-refractivity contribution in [1.29, 1.82) is 0 Å². The van der Waals surface area contributed by atoms with Gasteiger partial charge in [0, 0.05) is 17.3 Å². The second kappa shape index (κ2) is 2.91. The zero-order valence-corrected chi connectivity index (χ0v) is 8.17. The van der Waals surface area contributed by atoms with Crippen LogP contribution in [0.4, 0.5) is 0 Å². The summed E-state index contributed by atoms with van der Waals surface area (Å²) < 4.78 is 0. The third-order valence-corrected chi connectivity index (χ3v) is 2.85. The molecule has 2 rings (SSSR count). The van der Waals surface area contributed by atoms with Gasteiger partial charge in [-0.2, -0.15) is 0 Å². The van der Waals surface area contributed by atoms with E-state index in [2.05, 4.69) is 49.2 Å². The predicted octanol–water partition coefficient (Wildman–Crippen LogP) is 3.47. The number of hydrogen-bond donors (Lipinski definition) is 1. The Hall–Kier alpha value is -1.24. The molecular formula is C12H15N. The predicted molar refractivity (Wildman–Crippen MR) is 57.3 cm³/mol. The van der Waals surface area contributed by atoms with Crippen molar-refractivity contribution in [2.75, 3.05) is 0 Å². The van der Waals surface area contributed by atoms with E-state index in [9.17, 15) is 0 Å². The Labute approximate surface area is 79.2 Å². The minimum absolute atomic E-state index is 0.222. The fourth-order valence-corrected chi connectivity index (χ4v) is 1.53. The fourth-order valence-electron chi connectivity index (χ4n) is 1.53. The Morgan fingerprint density at radius 1 is 1.31 bits per heavy atom. The van der Waals surface area contributed by atoms with Crippen LogP contribution in [0.1, 0.15) is 31.5 Å². The smallest absolute Gasteiger partial charge is 0.0450 e. The third-order valence-electron chi connectivity index (χ3n) is 2.85. The number of aromatic amines is 1. The van der Waals surface area contributed by atoms with Crippen molar-refractivity contribution in [2.24, 2.45) is 5.41 Å². The summed E-state index contributed by atoms with van der Waals surface area (Å²) in [5, 5.41) is 0. The van der Waals surface area contributed by atoms with Gasteiger partial charge in [0.15, 0.2) is 0 Å². The normalized spacial score (nSPS) is 25.7. The van der Waals surface area contributed by atoms with E-state index in [4.69, 9.17) is 0 Å². The summed E-state index contributed by atoms with van der Waals surface area (Å²) in [6, 6.07) is 2.11. The van der Waals surface area contributed by atoms with Crippen molar-refractivity contribution in [3.05, 3.63) is 35.7 Å². The molecule has 0 saturated carbocycles. The van der Waals surface area contributed by atoms with Crippen molar-refractivity contribution < 1.29 is 0 Å². The molecule has 1 N–H and O–H groups in total. The summed E-state index contributed by atoms with van der Waals surface area (Å²) in [4.78, 5) is 3.22. The van der Waals surface area contributed by atoms with E-state index in [0.29, 0.717) is 0 Å². The van der Waals surface area contributed by atoms with Gasteiger partial charge in [-0.15, -0.1) is 0 Å². The molecule has 0 aliphatic heterocycles. The van der Waals surface area contributed by atoms with Crippen molar-refractivity contribution in [3.8, 4) is 0 Å². The second-order valence-electron chi connectivity index (χ2n) is 3.87. The zero-order valence-electron chi connectivity index (χ0n) is 8.17. The fraction of sp³-hybridized carbons (Fsp3) is 0.333. The summed E-state index contributed by atoms with van der Waals surface area (Å²) in [5.41, 5.74) is 2.72. The van der Waals surface area contributed by atoms with Gasteiger partial charge in [-0.25, -0.2) is 0 Å². The second-order valence-corrected chi connectivity index (χ2v) is 3.87. The van der Waals surface area contributed by atoms with Gasteiger partial charge in [0.1, 0.15) is 0 Å². The van der Waals surface area contributed by atoms with E-state index in [1.807, 2.05) is 6.20 Å². The molecular weight excluding hydrogens is 158 g/mol. The van der Waals surface area contributed by atoms with Gasteiger partial charge in [-0.1, -0.05) is 32.1 Å². The minimum atomic E-state index is 0.222. The highest BCUT2D eigenvalue weighted by Gasteiger charge is 2.16. The Kier molecular flexibility index (Phi) is 1.87. The molecule has 0 spiro atoms. The molecule has 1 aromatic rings. The molecule has 1 aliphatic carbocycles. The summed E-state index contributed by atoms with van der Waals surface area (Å²) in [6.45, 7) is 4.47. The third kappa shape index (κ3) is 1.46. The molecule has 0 aromatic carbocycles. The molecule has 0 amide bonds. The van der Waals surface area contributed by atoms with Gasteiger partial charge in [-0.3, -0.25) is 0 Å². The summed E-state index contributed by atoms with van der Waals surface area (Å²) in [6.07, 6.45) is 12.1. The van der Waals surface area contributed by atoms with E-state index in [1.165, 1.54) is 11.3 Å². The first kappa shape index (κ1) is 8.36. The Balaban J connectivity index is 2.43. The maximum atomic E-state index is 3.22. The molecule has 0 saturated heterocycles. The van der Waals surface area contributed by atoms with Crippen LogP contribution in [-0.4, -0.2) is 4.98 Å². The lowest BCUT2D eigenvalue weighted by atomic mass is 9.87. The molecule has 0 radical (unpaired) electrons. The molecule has 1 heterocycles. The van der Waals surface area contributed by atoms with Gasteiger partial charge in [-0.05, 0) is 24.1 Å². The molecule has 1 atom stereocenters. The molecule has 0 fully saturated rings. The highest BCUT2D eigenvalue weighted by Crippen LogP contribution is 2.30. The Morgan fingerprint density at radius 2 is 2.08 bits per heavy atom. The average Bonchev–Trinajstić information content (AvgIpc) is 2.54. The maximum absolute atomic E-state index is 3.22. The highest BCUT2D eigenvalue weighted by molar-refractivity contribution is 5.66. The molecule has 0 bridgehead atoms. The van der Waals surface area contributed by atoms with Crippen molar-refractivity contribution >= 4 is 12.2 Å². The quantitative estimate of drug-likeness (QED) is 0.669. The lowest BCUT2D eigenvalue weighted by Gasteiger charge is -2.17. The average molecular weight is 173 g/mol. The van der Waals surface area contributed by atoms with E-state index < -0.39 is 0 Å². The van der Waals surface area contributed by atoms with Crippen LogP contribution in [0.5, 0.6) is 0 Å². The SMILES string of the molecule is CCC1(C)C=Cc2cc[nH]c2C=C1. The molecule has 1 unspecified atom stereocenters. The molecule has 68 valence electrons. The van der Waals surface area contributed by atoms with Crippen molar-refractivity contribution in [2.45, 2.75) is 20.3 Å². The van der Waals surface area contributed by atoms with Crippen molar-refractivity contribution in [1.82, 2.24) is 4.98 Å². The van der Waals surface area contributed by atoms with Gasteiger partial charge < -0.3 is 4.98 Å². The standard InChI is InChI=1S/C12H15N/c1-3-12(2)7-4-10-6-9-13-11(10)5-8-12/h4-9,13H,3H2,1-2H3. The van der Waals surface area contributed by atoms with Crippen LogP contribution >= 0.6 is 0 Å². The Morgan fingerprint density at radius 3 is 2.85 bits per heavy atom. The number of allylic oxidation sites excluding steroid dienone is 2. The number of aromatic nitrogens is 1. The molecule has 1 heteroatoms. The number of hydrogen-bond acceptors (Lipinski definition) is 0. The van der Waals surface area contributed by atoms with Crippen LogP contribution in [0.2, 0.25) is 0 Å². The van der Waals surface area contributed by atoms with Gasteiger partial charge in [0.25, 0.3) is 0 Å². The first-order valence-corrected chi connectivity index (χ1v) is 4.79. The van der Waals surface area contributed by atoms with Crippen LogP contribution in [0.25, 0.3) is 12.2 Å². The van der Waals surface area contributed by atoms with E-state index in [-0.39, 0.29) is 5.41 Å². The lowest BCUT2D eigenvalue weighted by molar-refractivity contribution is 0.536. The largest absolute Gasteiger partial charge is 0.361 e. The van der Waals surface area contributed by atoms with E-state index >= 15 is 0 Å². The van der Waals surface area contributed by atoms with Gasteiger partial charge in [0.05, 0.1) is 0 Å². The first-order valence-electron chi connectivity index (χ1n) is 4.79.